The van der Waals surface area contributed by atoms with Crippen molar-refractivity contribution >= 4 is 0 Å². The first-order chi connectivity index (χ1) is 8.66. The average molecular weight is 246 g/mol. The van der Waals surface area contributed by atoms with Crippen molar-refractivity contribution in [3.63, 3.8) is 0 Å². The second-order valence-electron chi connectivity index (χ2n) is 4.60. The van der Waals surface area contributed by atoms with Crippen molar-refractivity contribution in [1.29, 1.82) is 0 Å². The van der Waals surface area contributed by atoms with E-state index in [4.69, 9.17) is 0 Å². The van der Waals surface area contributed by atoms with E-state index >= 15 is 0 Å². The van der Waals surface area contributed by atoms with Gasteiger partial charge in [0.05, 0.1) is 6.10 Å². The molecule has 0 amide bonds. The summed E-state index contributed by atoms with van der Waals surface area (Å²) in [5, 5.41) is 9.93. The topological polar surface area (TPSA) is 20.2 Å². The monoisotopic (exact) mass is 246 g/mol. The molecule has 0 fully saturated rings. The first kappa shape index (κ1) is 11.4. The average Bonchev–Trinajstić information content (AvgIpc) is 2.69. The number of benzene rings is 2. The van der Waals surface area contributed by atoms with Gasteiger partial charge < -0.3 is 5.11 Å². The highest BCUT2D eigenvalue weighted by atomic mass is 19.1. The summed E-state index contributed by atoms with van der Waals surface area (Å²) < 4.78 is 26.6. The Morgan fingerprint density at radius 3 is 2.44 bits per heavy atom. The zero-order chi connectivity index (χ0) is 12.7. The van der Waals surface area contributed by atoms with Crippen molar-refractivity contribution in [1.82, 2.24) is 0 Å². The second-order valence-corrected chi connectivity index (χ2v) is 4.60. The van der Waals surface area contributed by atoms with E-state index in [9.17, 15) is 13.9 Å². The van der Waals surface area contributed by atoms with Crippen molar-refractivity contribution < 1.29 is 13.9 Å². The van der Waals surface area contributed by atoms with E-state index in [1.807, 2.05) is 6.07 Å². The summed E-state index contributed by atoms with van der Waals surface area (Å²) in [4.78, 5) is 0. The Bertz CT molecular complexity index is 578. The van der Waals surface area contributed by atoms with Crippen molar-refractivity contribution in [3.8, 4) is 0 Å². The number of rotatable bonds is 1. The first-order valence-electron chi connectivity index (χ1n) is 5.88. The molecule has 2 aromatic rings. The fourth-order valence-corrected chi connectivity index (χ4v) is 2.69. The molecule has 1 N–H and O–H groups in total. The van der Waals surface area contributed by atoms with Crippen LogP contribution in [0.3, 0.4) is 0 Å². The predicted octanol–water partition coefficient (Wildman–Crippen LogP) is 3.53. The standard InChI is InChI=1S/C15H12F2O/c16-10-6-4-9(5-7-10)12-8-14(18)15-11(12)2-1-3-13(15)17/h1-7,12,14,18H,8H2/t12-,14+/m0/s1. The molecule has 0 heterocycles. The summed E-state index contributed by atoms with van der Waals surface area (Å²) in [6.45, 7) is 0. The second kappa shape index (κ2) is 4.18. The highest BCUT2D eigenvalue weighted by Gasteiger charge is 2.32. The molecule has 1 nitrogen and oxygen atoms in total. The van der Waals surface area contributed by atoms with E-state index in [0.717, 1.165) is 11.1 Å². The van der Waals surface area contributed by atoms with Crippen LogP contribution in [-0.4, -0.2) is 5.11 Å². The molecule has 0 unspecified atom stereocenters. The normalized spacial score (nSPS) is 21.9. The molecule has 0 bridgehead atoms. The minimum absolute atomic E-state index is 0.0636. The summed E-state index contributed by atoms with van der Waals surface area (Å²) in [6, 6.07) is 11.0. The van der Waals surface area contributed by atoms with E-state index in [0.29, 0.717) is 12.0 Å². The molecule has 0 saturated heterocycles. The summed E-state index contributed by atoms with van der Waals surface area (Å²) in [5.41, 5.74) is 2.08. The maximum absolute atomic E-state index is 13.7. The smallest absolute Gasteiger partial charge is 0.129 e. The molecule has 3 heteroatoms. The van der Waals surface area contributed by atoms with Crippen LogP contribution in [0.15, 0.2) is 42.5 Å². The van der Waals surface area contributed by atoms with Crippen LogP contribution in [0.2, 0.25) is 0 Å². The lowest BCUT2D eigenvalue weighted by Crippen LogP contribution is -1.96. The Labute approximate surface area is 104 Å². The van der Waals surface area contributed by atoms with Crippen LogP contribution in [0.5, 0.6) is 0 Å². The number of aliphatic hydroxyl groups excluding tert-OH is 1. The van der Waals surface area contributed by atoms with Crippen molar-refractivity contribution in [2.24, 2.45) is 0 Å². The van der Waals surface area contributed by atoms with Gasteiger partial charge in [-0.2, -0.15) is 0 Å². The Kier molecular flexibility index (Phi) is 2.63. The third-order valence-corrected chi connectivity index (χ3v) is 3.53. The third kappa shape index (κ3) is 1.71. The molecule has 0 saturated carbocycles. The maximum atomic E-state index is 13.7. The number of halogens is 2. The number of fused-ring (bicyclic) bond motifs is 1. The number of hydrogen-bond donors (Lipinski definition) is 1. The van der Waals surface area contributed by atoms with Crippen LogP contribution < -0.4 is 0 Å². The SMILES string of the molecule is O[C@@H]1C[C@@H](c2ccc(F)cc2)c2cccc(F)c21. The van der Waals surface area contributed by atoms with Gasteiger partial charge in [-0.05, 0) is 35.7 Å². The minimum atomic E-state index is -0.781. The molecule has 0 radical (unpaired) electrons. The highest BCUT2D eigenvalue weighted by molar-refractivity contribution is 5.44. The molecular weight excluding hydrogens is 234 g/mol. The van der Waals surface area contributed by atoms with Crippen LogP contribution in [0.25, 0.3) is 0 Å². The van der Waals surface area contributed by atoms with E-state index in [-0.39, 0.29) is 17.6 Å². The lowest BCUT2D eigenvalue weighted by Gasteiger charge is -2.11. The van der Waals surface area contributed by atoms with Crippen LogP contribution >= 0.6 is 0 Å². The molecule has 18 heavy (non-hydrogen) atoms. The summed E-state index contributed by atoms with van der Waals surface area (Å²) >= 11 is 0. The van der Waals surface area contributed by atoms with Gasteiger partial charge in [-0.15, -0.1) is 0 Å². The molecule has 1 aliphatic carbocycles. The van der Waals surface area contributed by atoms with Crippen LogP contribution in [0.4, 0.5) is 8.78 Å². The van der Waals surface area contributed by atoms with E-state index in [2.05, 4.69) is 0 Å². The molecule has 0 spiro atoms. The zero-order valence-corrected chi connectivity index (χ0v) is 9.61. The molecular formula is C15H12F2O. The van der Waals surface area contributed by atoms with Gasteiger partial charge in [0.25, 0.3) is 0 Å². The van der Waals surface area contributed by atoms with Gasteiger partial charge in [0.1, 0.15) is 11.6 Å². The Morgan fingerprint density at radius 1 is 1.00 bits per heavy atom. The van der Waals surface area contributed by atoms with Gasteiger partial charge in [0.2, 0.25) is 0 Å². The molecule has 92 valence electrons. The molecule has 0 aromatic heterocycles. The van der Waals surface area contributed by atoms with Crippen molar-refractivity contribution in [2.75, 3.05) is 0 Å². The Morgan fingerprint density at radius 2 is 1.72 bits per heavy atom. The quantitative estimate of drug-likeness (QED) is 0.816. The maximum Gasteiger partial charge on any atom is 0.129 e. The Balaban J connectivity index is 2.08. The van der Waals surface area contributed by atoms with Crippen LogP contribution in [0.1, 0.15) is 35.1 Å². The highest BCUT2D eigenvalue weighted by Crippen LogP contribution is 2.44. The van der Waals surface area contributed by atoms with Gasteiger partial charge in [-0.25, -0.2) is 8.78 Å². The Hall–Kier alpha value is -1.74. The fourth-order valence-electron chi connectivity index (χ4n) is 2.69. The van der Waals surface area contributed by atoms with E-state index in [1.165, 1.54) is 18.2 Å². The molecule has 0 aliphatic heterocycles. The number of aliphatic hydroxyl groups is 1. The van der Waals surface area contributed by atoms with Gasteiger partial charge in [0, 0.05) is 11.5 Å². The van der Waals surface area contributed by atoms with Crippen LogP contribution in [-0.2, 0) is 0 Å². The fraction of sp³-hybridized carbons (Fsp3) is 0.200. The summed E-state index contributed by atoms with van der Waals surface area (Å²) in [7, 11) is 0. The predicted molar refractivity (Wildman–Crippen MR) is 64.2 cm³/mol. The minimum Gasteiger partial charge on any atom is -0.388 e. The lowest BCUT2D eigenvalue weighted by molar-refractivity contribution is 0.172. The molecule has 3 rings (SSSR count). The third-order valence-electron chi connectivity index (χ3n) is 3.53. The molecule has 2 aromatic carbocycles. The van der Waals surface area contributed by atoms with Gasteiger partial charge in [-0.1, -0.05) is 24.3 Å². The summed E-state index contributed by atoms with van der Waals surface area (Å²) in [6.07, 6.45) is -0.335. The lowest BCUT2D eigenvalue weighted by atomic mass is 9.93. The van der Waals surface area contributed by atoms with Crippen molar-refractivity contribution in [2.45, 2.75) is 18.4 Å². The number of hydrogen-bond acceptors (Lipinski definition) is 1. The summed E-state index contributed by atoms with van der Waals surface area (Å²) in [5.74, 6) is -0.729. The van der Waals surface area contributed by atoms with E-state index in [1.54, 1.807) is 18.2 Å². The first-order valence-corrected chi connectivity index (χ1v) is 5.88. The van der Waals surface area contributed by atoms with Crippen molar-refractivity contribution in [3.05, 3.63) is 70.8 Å². The molecule has 2 atom stereocenters. The molecule has 1 aliphatic rings. The van der Waals surface area contributed by atoms with Gasteiger partial charge in [-0.3, -0.25) is 0 Å². The largest absolute Gasteiger partial charge is 0.388 e. The van der Waals surface area contributed by atoms with Gasteiger partial charge >= 0.3 is 0 Å². The van der Waals surface area contributed by atoms with Crippen LogP contribution in [0, 0.1) is 11.6 Å². The van der Waals surface area contributed by atoms with Gasteiger partial charge in [0.15, 0.2) is 0 Å². The zero-order valence-electron chi connectivity index (χ0n) is 9.61. The van der Waals surface area contributed by atoms with E-state index < -0.39 is 6.10 Å².